The van der Waals surface area contributed by atoms with Gasteiger partial charge in [0.1, 0.15) is 5.75 Å². The minimum atomic E-state index is -0.527. The Kier molecular flexibility index (Phi) is 4.87. The van der Waals surface area contributed by atoms with Crippen LogP contribution in [0, 0.1) is 23.7 Å². The van der Waals surface area contributed by atoms with Gasteiger partial charge in [0.05, 0.1) is 6.61 Å². The molecule has 1 aromatic rings. The summed E-state index contributed by atoms with van der Waals surface area (Å²) in [6.07, 6.45) is 11.3. The lowest BCUT2D eigenvalue weighted by atomic mass is 9.53. The highest BCUT2D eigenvalue weighted by Crippen LogP contribution is 2.64. The Balaban J connectivity index is 1.11. The second-order valence-corrected chi connectivity index (χ2v) is 10.5. The molecule has 2 N–H and O–H groups in total. The Bertz CT molecular complexity index is 744. The largest absolute Gasteiger partial charge is 0.494 e. The number of nitrogens with two attached hydrogens (primary N) is 1. The van der Waals surface area contributed by atoms with Gasteiger partial charge in [0.15, 0.2) is 0 Å². The van der Waals surface area contributed by atoms with E-state index in [1.807, 2.05) is 6.07 Å². The van der Waals surface area contributed by atoms with Gasteiger partial charge < -0.3 is 15.2 Å². The van der Waals surface area contributed by atoms with Crippen molar-refractivity contribution in [3.8, 4) is 5.75 Å². The molecule has 0 unspecified atom stereocenters. The summed E-state index contributed by atoms with van der Waals surface area (Å²) in [5, 5.41) is 0. The van der Waals surface area contributed by atoms with Crippen molar-refractivity contribution < 1.29 is 19.2 Å². The summed E-state index contributed by atoms with van der Waals surface area (Å²) in [5.41, 5.74) is 6.93. The van der Waals surface area contributed by atoms with Crippen LogP contribution in [0.1, 0.15) is 75.7 Å². The fourth-order valence-electron chi connectivity index (χ4n) is 7.32. The molecular formula is C25H35NO4. The van der Waals surface area contributed by atoms with E-state index < -0.39 is 11.6 Å². The Morgan fingerprint density at radius 1 is 0.967 bits per heavy atom. The van der Waals surface area contributed by atoms with Gasteiger partial charge in [0.25, 0.3) is 0 Å². The molecule has 5 heteroatoms. The zero-order valence-electron chi connectivity index (χ0n) is 17.9. The van der Waals surface area contributed by atoms with Crippen molar-refractivity contribution in [2.45, 2.75) is 81.7 Å². The third-order valence-electron chi connectivity index (χ3n) is 8.64. The highest BCUT2D eigenvalue weighted by atomic mass is 17.3. The monoisotopic (exact) mass is 413 g/mol. The first kappa shape index (κ1) is 19.5. The van der Waals surface area contributed by atoms with E-state index in [1.54, 1.807) is 0 Å². The summed E-state index contributed by atoms with van der Waals surface area (Å²) in [5.74, 6) is 3.37. The summed E-state index contributed by atoms with van der Waals surface area (Å²) >= 11 is 0. The third kappa shape index (κ3) is 3.21. The van der Waals surface area contributed by atoms with E-state index in [0.29, 0.717) is 30.9 Å². The van der Waals surface area contributed by atoms with E-state index in [4.69, 9.17) is 25.0 Å². The van der Waals surface area contributed by atoms with Crippen molar-refractivity contribution in [2.24, 2.45) is 29.4 Å². The zero-order valence-corrected chi connectivity index (χ0v) is 17.9. The second-order valence-electron chi connectivity index (χ2n) is 10.5. The predicted molar refractivity (Wildman–Crippen MR) is 113 cm³/mol. The molecule has 164 valence electrons. The fraction of sp³-hybridized carbons (Fsp3) is 0.760. The van der Waals surface area contributed by atoms with E-state index >= 15 is 0 Å². The van der Waals surface area contributed by atoms with Gasteiger partial charge in [-0.15, -0.1) is 0 Å². The van der Waals surface area contributed by atoms with Crippen LogP contribution in [0.3, 0.4) is 0 Å². The van der Waals surface area contributed by atoms with Crippen LogP contribution in [0.5, 0.6) is 5.75 Å². The van der Waals surface area contributed by atoms with Gasteiger partial charge in [-0.25, -0.2) is 0 Å². The van der Waals surface area contributed by atoms with Crippen LogP contribution in [0.2, 0.25) is 0 Å². The molecule has 1 aliphatic heterocycles. The molecule has 6 aliphatic rings. The molecule has 5 saturated carbocycles. The van der Waals surface area contributed by atoms with Gasteiger partial charge in [-0.2, -0.15) is 9.78 Å². The molecular weight excluding hydrogens is 378 g/mol. The molecule has 2 spiro atoms. The summed E-state index contributed by atoms with van der Waals surface area (Å²) in [7, 11) is 0. The molecule has 5 aliphatic carbocycles. The number of hydrogen-bond acceptors (Lipinski definition) is 5. The molecule has 7 rings (SSSR count). The number of benzene rings is 1. The summed E-state index contributed by atoms with van der Waals surface area (Å²) < 4.78 is 12.7. The molecule has 0 aromatic heterocycles. The Morgan fingerprint density at radius 2 is 1.70 bits per heavy atom. The Labute approximate surface area is 179 Å². The van der Waals surface area contributed by atoms with E-state index in [1.165, 1.54) is 37.7 Å². The Hall–Kier alpha value is -1.14. The molecule has 1 heterocycles. The van der Waals surface area contributed by atoms with Crippen LogP contribution < -0.4 is 10.5 Å². The molecule has 1 saturated heterocycles. The number of hydrogen-bond donors (Lipinski definition) is 1. The molecule has 1 aromatic carbocycles. The normalized spacial score (nSPS) is 44.2. The minimum Gasteiger partial charge on any atom is -0.494 e. The number of ether oxygens (including phenoxy) is 2. The second kappa shape index (κ2) is 7.47. The van der Waals surface area contributed by atoms with E-state index in [2.05, 4.69) is 18.2 Å². The predicted octanol–water partition coefficient (Wildman–Crippen LogP) is 4.90. The summed E-state index contributed by atoms with van der Waals surface area (Å²) in [6.45, 7) is 1.34. The minimum absolute atomic E-state index is 0.447. The Morgan fingerprint density at radius 3 is 2.40 bits per heavy atom. The van der Waals surface area contributed by atoms with Gasteiger partial charge in [0.2, 0.25) is 11.6 Å². The van der Waals surface area contributed by atoms with Crippen molar-refractivity contribution in [1.29, 1.82) is 0 Å². The van der Waals surface area contributed by atoms with Gasteiger partial charge in [-0.05, 0) is 93.4 Å². The molecule has 6 fully saturated rings. The SMILES string of the molecule is NCCCOc1cccc([C@H]2CC[C@]3(CC2)OO[C@]2(O3)C3CC4CC(C3)CC2C4)c1. The summed E-state index contributed by atoms with van der Waals surface area (Å²) in [6, 6.07) is 8.57. The van der Waals surface area contributed by atoms with Gasteiger partial charge in [-0.1, -0.05) is 12.1 Å². The molecule has 0 amide bonds. The maximum absolute atomic E-state index is 6.85. The van der Waals surface area contributed by atoms with Crippen molar-refractivity contribution in [2.75, 3.05) is 13.2 Å². The molecule has 4 bridgehead atoms. The van der Waals surface area contributed by atoms with Crippen LogP contribution in [0.25, 0.3) is 0 Å². The lowest BCUT2D eigenvalue weighted by Crippen LogP contribution is -2.59. The van der Waals surface area contributed by atoms with Crippen LogP contribution >= 0.6 is 0 Å². The third-order valence-corrected chi connectivity index (χ3v) is 8.64. The van der Waals surface area contributed by atoms with Crippen LogP contribution in [-0.2, 0) is 14.5 Å². The first-order valence-electron chi connectivity index (χ1n) is 12.2. The van der Waals surface area contributed by atoms with Crippen molar-refractivity contribution in [3.05, 3.63) is 29.8 Å². The summed E-state index contributed by atoms with van der Waals surface area (Å²) in [4.78, 5) is 12.2. The van der Waals surface area contributed by atoms with Gasteiger partial charge in [-0.3, -0.25) is 0 Å². The lowest BCUT2D eigenvalue weighted by molar-refractivity contribution is -0.390. The van der Waals surface area contributed by atoms with Crippen LogP contribution in [0.4, 0.5) is 0 Å². The molecule has 0 radical (unpaired) electrons. The van der Waals surface area contributed by atoms with Crippen LogP contribution in [-0.4, -0.2) is 24.7 Å². The topological polar surface area (TPSA) is 62.9 Å². The molecule has 0 atom stereocenters. The van der Waals surface area contributed by atoms with Crippen molar-refractivity contribution in [1.82, 2.24) is 0 Å². The quantitative estimate of drug-likeness (QED) is 0.549. The van der Waals surface area contributed by atoms with E-state index in [9.17, 15) is 0 Å². The van der Waals surface area contributed by atoms with Gasteiger partial charge in [0, 0.05) is 24.7 Å². The lowest BCUT2D eigenvalue weighted by Gasteiger charge is -2.57. The number of rotatable bonds is 5. The maximum atomic E-state index is 6.85. The van der Waals surface area contributed by atoms with Crippen molar-refractivity contribution in [3.63, 3.8) is 0 Å². The highest BCUT2D eigenvalue weighted by molar-refractivity contribution is 5.31. The standard InChI is InChI=1S/C25H35NO4/c26-9-2-10-27-23-4-1-3-20(16-23)19-5-7-24(8-6-19)28-25(30-29-24)21-12-17-11-18(14-21)15-22(25)13-17/h1,3-4,16-19,21-22H,2,5-15,26H2/t17?,18?,19-,21?,22?,24+,25-. The average molecular weight is 414 g/mol. The first-order chi connectivity index (χ1) is 14.7. The zero-order chi connectivity index (χ0) is 20.2. The van der Waals surface area contributed by atoms with Gasteiger partial charge >= 0.3 is 0 Å². The smallest absolute Gasteiger partial charge is 0.210 e. The maximum Gasteiger partial charge on any atom is 0.210 e. The van der Waals surface area contributed by atoms with E-state index in [-0.39, 0.29) is 0 Å². The average Bonchev–Trinajstić information content (AvgIpc) is 3.13. The van der Waals surface area contributed by atoms with Crippen LogP contribution in [0.15, 0.2) is 24.3 Å². The molecule has 5 nitrogen and oxygen atoms in total. The highest BCUT2D eigenvalue weighted by Gasteiger charge is 2.66. The first-order valence-corrected chi connectivity index (χ1v) is 12.2. The van der Waals surface area contributed by atoms with Crippen molar-refractivity contribution >= 4 is 0 Å². The fourth-order valence-corrected chi connectivity index (χ4v) is 7.32. The molecule has 30 heavy (non-hydrogen) atoms. The van der Waals surface area contributed by atoms with E-state index in [0.717, 1.165) is 49.7 Å².